The first-order valence-corrected chi connectivity index (χ1v) is 8.05. The van der Waals surface area contributed by atoms with E-state index in [0.717, 1.165) is 10.9 Å². The van der Waals surface area contributed by atoms with Gasteiger partial charge < -0.3 is 5.32 Å². The van der Waals surface area contributed by atoms with Gasteiger partial charge in [-0.25, -0.2) is 13.4 Å². The van der Waals surface area contributed by atoms with Gasteiger partial charge in [0.05, 0.1) is 10.6 Å². The quantitative estimate of drug-likeness (QED) is 0.642. The summed E-state index contributed by atoms with van der Waals surface area (Å²) in [5.74, 6) is 0. The fraction of sp³-hybridized carbons (Fsp3) is 0.182. The highest BCUT2D eigenvalue weighted by Crippen LogP contribution is 2.28. The van der Waals surface area contributed by atoms with Crippen molar-refractivity contribution in [1.82, 2.24) is 4.98 Å². The summed E-state index contributed by atoms with van der Waals surface area (Å²) in [5, 5.41) is 13.6. The van der Waals surface area contributed by atoms with Gasteiger partial charge in [0.15, 0.2) is 5.13 Å². The minimum Gasteiger partial charge on any atom is -0.387 e. The maximum atomic E-state index is 12.3. The van der Waals surface area contributed by atoms with Crippen molar-refractivity contribution in [2.45, 2.75) is 11.8 Å². The summed E-state index contributed by atoms with van der Waals surface area (Å²) < 4.78 is 27.0. The molecule has 10 heteroatoms. The number of nitro groups is 1. The van der Waals surface area contributed by atoms with Crippen LogP contribution >= 0.6 is 11.3 Å². The molecular formula is C11H12N4O4S2. The molecule has 0 radical (unpaired) electrons. The van der Waals surface area contributed by atoms with Crippen LogP contribution in [0.5, 0.6) is 0 Å². The predicted molar refractivity (Wildman–Crippen MR) is 80.3 cm³/mol. The van der Waals surface area contributed by atoms with Crippen molar-refractivity contribution in [2.24, 2.45) is 0 Å². The first kappa shape index (κ1) is 15.2. The summed E-state index contributed by atoms with van der Waals surface area (Å²) in [6.07, 6.45) is 1.55. The molecule has 1 aromatic heterocycles. The summed E-state index contributed by atoms with van der Waals surface area (Å²) >= 11 is 1.20. The van der Waals surface area contributed by atoms with Crippen LogP contribution in [0.1, 0.15) is 4.88 Å². The first-order chi connectivity index (χ1) is 9.83. The van der Waals surface area contributed by atoms with Gasteiger partial charge in [0.25, 0.3) is 15.7 Å². The molecule has 0 aliphatic carbocycles. The Morgan fingerprint density at radius 3 is 2.62 bits per heavy atom. The summed E-state index contributed by atoms with van der Waals surface area (Å²) in [4.78, 5) is 14.9. The molecule has 1 aromatic carbocycles. The molecule has 0 aliphatic heterocycles. The number of non-ortho nitro benzene ring substituents is 1. The summed E-state index contributed by atoms with van der Waals surface area (Å²) in [6, 6.07) is 3.50. The maximum absolute atomic E-state index is 12.3. The maximum Gasteiger partial charge on any atom is 0.271 e. The Kier molecular flexibility index (Phi) is 4.09. The van der Waals surface area contributed by atoms with Gasteiger partial charge in [-0.2, -0.15) is 0 Å². The minimum atomic E-state index is -3.87. The van der Waals surface area contributed by atoms with Gasteiger partial charge in [-0.15, -0.1) is 11.3 Å². The van der Waals surface area contributed by atoms with Gasteiger partial charge in [0, 0.05) is 30.3 Å². The molecule has 2 N–H and O–H groups in total. The van der Waals surface area contributed by atoms with E-state index in [1.807, 2.05) is 0 Å². The van der Waals surface area contributed by atoms with Crippen molar-refractivity contribution in [2.75, 3.05) is 17.1 Å². The molecule has 2 aromatic rings. The van der Waals surface area contributed by atoms with Crippen LogP contribution in [-0.4, -0.2) is 25.4 Å². The lowest BCUT2D eigenvalue weighted by atomic mass is 10.3. The highest BCUT2D eigenvalue weighted by Gasteiger charge is 2.22. The van der Waals surface area contributed by atoms with Crippen LogP contribution in [0.4, 0.5) is 16.5 Å². The van der Waals surface area contributed by atoms with E-state index in [1.54, 1.807) is 13.1 Å². The van der Waals surface area contributed by atoms with Crippen molar-refractivity contribution < 1.29 is 13.3 Å². The number of thiazole rings is 1. The second kappa shape index (κ2) is 5.66. The Balaban J connectivity index is 2.42. The first-order valence-electron chi connectivity index (χ1n) is 5.75. The molecule has 112 valence electrons. The molecule has 0 saturated heterocycles. The molecule has 0 unspecified atom stereocenters. The lowest BCUT2D eigenvalue weighted by molar-refractivity contribution is -0.384. The number of nitro benzene ring substituents is 1. The molecule has 2 rings (SSSR count). The molecule has 0 spiro atoms. The molecular weight excluding hydrogens is 316 g/mol. The average Bonchev–Trinajstić information content (AvgIpc) is 2.82. The van der Waals surface area contributed by atoms with E-state index in [-0.39, 0.29) is 21.4 Å². The Morgan fingerprint density at radius 1 is 1.38 bits per heavy atom. The normalized spacial score (nSPS) is 11.1. The van der Waals surface area contributed by atoms with Gasteiger partial charge >= 0.3 is 0 Å². The van der Waals surface area contributed by atoms with Gasteiger partial charge in [-0.1, -0.05) is 0 Å². The average molecular weight is 328 g/mol. The van der Waals surface area contributed by atoms with Crippen LogP contribution in [-0.2, 0) is 10.0 Å². The lowest BCUT2D eigenvalue weighted by Gasteiger charge is -2.10. The predicted octanol–water partition coefficient (Wildman–Crippen LogP) is 2.20. The number of aryl methyl sites for hydroxylation is 1. The Morgan fingerprint density at radius 2 is 2.10 bits per heavy atom. The van der Waals surface area contributed by atoms with Crippen molar-refractivity contribution >= 4 is 37.9 Å². The van der Waals surface area contributed by atoms with Crippen molar-refractivity contribution in [3.8, 4) is 0 Å². The molecule has 0 aliphatic rings. The third kappa shape index (κ3) is 3.28. The zero-order valence-corrected chi connectivity index (χ0v) is 12.8. The molecule has 0 bridgehead atoms. The number of aromatic nitrogens is 1. The van der Waals surface area contributed by atoms with E-state index in [1.165, 1.54) is 30.5 Å². The van der Waals surface area contributed by atoms with Gasteiger partial charge in [-0.3, -0.25) is 14.8 Å². The second-order valence-electron chi connectivity index (χ2n) is 4.07. The molecule has 21 heavy (non-hydrogen) atoms. The monoisotopic (exact) mass is 328 g/mol. The van der Waals surface area contributed by atoms with E-state index in [0.29, 0.717) is 0 Å². The number of nitrogens with one attached hydrogen (secondary N) is 2. The number of sulfonamides is 1. The number of rotatable bonds is 5. The number of hydrogen-bond donors (Lipinski definition) is 2. The number of anilines is 2. The van der Waals surface area contributed by atoms with Crippen molar-refractivity contribution in [1.29, 1.82) is 0 Å². The summed E-state index contributed by atoms with van der Waals surface area (Å²) in [7, 11) is -2.38. The van der Waals surface area contributed by atoms with Crippen molar-refractivity contribution in [3.05, 3.63) is 39.4 Å². The fourth-order valence-corrected chi connectivity index (χ4v) is 3.73. The molecule has 0 fully saturated rings. The minimum absolute atomic E-state index is 0.0801. The van der Waals surface area contributed by atoms with Gasteiger partial charge in [0.2, 0.25) is 0 Å². The molecule has 0 saturated carbocycles. The fourth-order valence-electron chi connectivity index (χ4n) is 1.63. The highest BCUT2D eigenvalue weighted by molar-refractivity contribution is 7.93. The van der Waals surface area contributed by atoms with E-state index < -0.39 is 14.9 Å². The summed E-state index contributed by atoms with van der Waals surface area (Å²) in [5.41, 5.74) is -0.0478. The van der Waals surface area contributed by atoms with E-state index in [2.05, 4.69) is 15.0 Å². The number of benzene rings is 1. The van der Waals surface area contributed by atoms with E-state index >= 15 is 0 Å². The van der Waals surface area contributed by atoms with Gasteiger partial charge in [-0.05, 0) is 13.0 Å². The standard InChI is InChI=1S/C11H12N4O4S2/c1-7-6-13-11(20-7)14-21(18,19)10-4-3-8(15(16)17)5-9(10)12-2/h3-6,12H,1-2H3,(H,13,14). The number of nitrogens with zero attached hydrogens (tertiary/aromatic N) is 2. The molecule has 0 amide bonds. The van der Waals surface area contributed by atoms with Gasteiger partial charge in [0.1, 0.15) is 4.90 Å². The number of hydrogen-bond acceptors (Lipinski definition) is 7. The van der Waals surface area contributed by atoms with Crippen LogP contribution in [0.25, 0.3) is 0 Å². The Bertz CT molecular complexity index is 785. The Labute approximate surface area is 125 Å². The van der Waals surface area contributed by atoms with E-state index in [4.69, 9.17) is 0 Å². The lowest BCUT2D eigenvalue weighted by Crippen LogP contribution is -2.14. The third-order valence-corrected chi connectivity index (χ3v) is 4.93. The SMILES string of the molecule is CNc1cc([N+](=O)[O-])ccc1S(=O)(=O)Nc1ncc(C)s1. The highest BCUT2D eigenvalue weighted by atomic mass is 32.2. The Hall–Kier alpha value is -2.20. The van der Waals surface area contributed by atoms with E-state index in [9.17, 15) is 18.5 Å². The topological polar surface area (TPSA) is 114 Å². The zero-order chi connectivity index (χ0) is 15.6. The van der Waals surface area contributed by atoms with Crippen LogP contribution in [0.15, 0.2) is 29.3 Å². The molecule has 1 heterocycles. The zero-order valence-electron chi connectivity index (χ0n) is 11.2. The summed E-state index contributed by atoms with van der Waals surface area (Å²) in [6.45, 7) is 1.81. The molecule has 8 nitrogen and oxygen atoms in total. The molecule has 0 atom stereocenters. The second-order valence-corrected chi connectivity index (χ2v) is 6.95. The van der Waals surface area contributed by atoms with Crippen LogP contribution in [0.3, 0.4) is 0 Å². The smallest absolute Gasteiger partial charge is 0.271 e. The van der Waals surface area contributed by atoms with Crippen molar-refractivity contribution in [3.63, 3.8) is 0 Å². The van der Waals surface area contributed by atoms with Crippen LogP contribution in [0.2, 0.25) is 0 Å². The van der Waals surface area contributed by atoms with Crippen LogP contribution in [0, 0.1) is 17.0 Å². The largest absolute Gasteiger partial charge is 0.387 e. The third-order valence-electron chi connectivity index (χ3n) is 2.58. The van der Waals surface area contributed by atoms with Crippen LogP contribution < -0.4 is 10.0 Å².